The maximum atomic E-state index is 12.4. The quantitative estimate of drug-likeness (QED) is 0.611. The zero-order chi connectivity index (χ0) is 18.2. The fourth-order valence-corrected chi connectivity index (χ4v) is 3.13. The second kappa shape index (κ2) is 9.03. The highest BCUT2D eigenvalue weighted by Gasteiger charge is 2.27. The summed E-state index contributed by atoms with van der Waals surface area (Å²) < 4.78 is 5.30. The van der Waals surface area contributed by atoms with Gasteiger partial charge in [-0.15, -0.1) is 0 Å². The highest BCUT2D eigenvalue weighted by molar-refractivity contribution is 6.09. The third-order valence-electron chi connectivity index (χ3n) is 4.43. The summed E-state index contributed by atoms with van der Waals surface area (Å²) in [4.78, 5) is 24.6. The van der Waals surface area contributed by atoms with Gasteiger partial charge in [-0.05, 0) is 43.9 Å². The molecule has 0 unspecified atom stereocenters. The van der Waals surface area contributed by atoms with Gasteiger partial charge in [-0.1, -0.05) is 36.6 Å². The van der Waals surface area contributed by atoms with Crippen LogP contribution in [0, 0.1) is 17.2 Å². The number of hydrogen-bond donors (Lipinski definition) is 1. The van der Waals surface area contributed by atoms with Gasteiger partial charge in [0.05, 0.1) is 13.2 Å². The predicted octanol–water partition coefficient (Wildman–Crippen LogP) is 2.95. The number of carbonyl (C=O) groups is 2. The Morgan fingerprint density at radius 2 is 2.04 bits per heavy atom. The smallest absolute Gasteiger partial charge is 0.245 e. The first-order valence-electron chi connectivity index (χ1n) is 8.58. The first-order chi connectivity index (χ1) is 12.0. The maximum absolute atomic E-state index is 12.4. The summed E-state index contributed by atoms with van der Waals surface area (Å²) in [6.45, 7) is 1.81. The Labute approximate surface area is 148 Å². The normalized spacial score (nSPS) is 16.1. The van der Waals surface area contributed by atoms with Crippen molar-refractivity contribution in [3.63, 3.8) is 0 Å². The van der Waals surface area contributed by atoms with Crippen LogP contribution in [0.4, 0.5) is 0 Å². The Bertz CT molecular complexity index is 697. The van der Waals surface area contributed by atoms with Crippen LogP contribution in [0.2, 0.25) is 0 Å². The van der Waals surface area contributed by atoms with E-state index in [2.05, 4.69) is 5.32 Å². The third-order valence-corrected chi connectivity index (χ3v) is 4.43. The van der Waals surface area contributed by atoms with E-state index >= 15 is 0 Å². The molecule has 0 saturated heterocycles. The second-order valence-corrected chi connectivity index (χ2v) is 6.43. The lowest BCUT2D eigenvalue weighted by Crippen LogP contribution is -2.39. The molecule has 5 nitrogen and oxygen atoms in total. The van der Waals surface area contributed by atoms with Gasteiger partial charge < -0.3 is 10.1 Å². The number of rotatable bonds is 7. The van der Waals surface area contributed by atoms with Gasteiger partial charge in [0.15, 0.2) is 11.7 Å². The molecule has 1 fully saturated rings. The van der Waals surface area contributed by atoms with Crippen LogP contribution in [0.5, 0.6) is 5.75 Å². The molecule has 0 spiro atoms. The molecule has 0 radical (unpaired) electrons. The molecule has 2 rings (SSSR count). The summed E-state index contributed by atoms with van der Waals surface area (Å²) in [5, 5.41) is 12.1. The lowest BCUT2D eigenvalue weighted by molar-refractivity contribution is -0.129. The minimum absolute atomic E-state index is 0.0924. The zero-order valence-electron chi connectivity index (χ0n) is 14.7. The summed E-state index contributed by atoms with van der Waals surface area (Å²) in [6.07, 6.45) is 5.91. The van der Waals surface area contributed by atoms with Crippen molar-refractivity contribution in [1.82, 2.24) is 5.32 Å². The van der Waals surface area contributed by atoms with Crippen LogP contribution < -0.4 is 10.1 Å². The van der Waals surface area contributed by atoms with E-state index in [1.54, 1.807) is 7.11 Å². The van der Waals surface area contributed by atoms with Crippen LogP contribution in [-0.4, -0.2) is 24.8 Å². The van der Waals surface area contributed by atoms with Crippen LogP contribution in [0.25, 0.3) is 0 Å². The van der Waals surface area contributed by atoms with E-state index in [4.69, 9.17) is 4.74 Å². The number of carbonyl (C=O) groups excluding carboxylic acids is 2. The highest BCUT2D eigenvalue weighted by atomic mass is 16.5. The monoisotopic (exact) mass is 340 g/mol. The standard InChI is InChI=1S/C20H24N2O3/c1-14(11-15-7-3-6-10-19(15)25-2)12-18(23)17(13-21)20(24)22-16-8-4-5-9-16/h3,6-7,10,12,16-17H,4-5,8-9,11H2,1-2H3,(H,22,24)/b14-12+/t17-/m0/s1. The van der Waals surface area contributed by atoms with Crippen molar-refractivity contribution in [3.05, 3.63) is 41.5 Å². The van der Waals surface area contributed by atoms with E-state index in [9.17, 15) is 14.9 Å². The zero-order valence-corrected chi connectivity index (χ0v) is 14.7. The average Bonchev–Trinajstić information content (AvgIpc) is 3.08. The molecule has 0 heterocycles. The minimum atomic E-state index is -1.28. The van der Waals surface area contributed by atoms with Crippen LogP contribution in [0.3, 0.4) is 0 Å². The fourth-order valence-electron chi connectivity index (χ4n) is 3.13. The van der Waals surface area contributed by atoms with Crippen molar-refractivity contribution in [2.75, 3.05) is 7.11 Å². The molecule has 1 saturated carbocycles. The summed E-state index contributed by atoms with van der Waals surface area (Å²) in [7, 11) is 1.60. The number of allylic oxidation sites excluding steroid dienone is 2. The summed E-state index contributed by atoms with van der Waals surface area (Å²) in [5.41, 5.74) is 1.74. The van der Waals surface area contributed by atoms with Gasteiger partial charge in [0, 0.05) is 6.04 Å². The molecule has 1 amide bonds. The Hall–Kier alpha value is -2.61. The predicted molar refractivity (Wildman–Crippen MR) is 95.0 cm³/mol. The van der Waals surface area contributed by atoms with Crippen molar-refractivity contribution in [1.29, 1.82) is 5.26 Å². The number of methoxy groups -OCH3 is 1. The number of para-hydroxylation sites is 1. The molecular weight excluding hydrogens is 316 g/mol. The lowest BCUT2D eigenvalue weighted by Gasteiger charge is -2.14. The van der Waals surface area contributed by atoms with Gasteiger partial charge in [-0.25, -0.2) is 0 Å². The van der Waals surface area contributed by atoms with Crippen molar-refractivity contribution in [3.8, 4) is 11.8 Å². The summed E-state index contributed by atoms with van der Waals surface area (Å²) in [6, 6.07) is 9.50. The van der Waals surface area contributed by atoms with Crippen molar-refractivity contribution >= 4 is 11.7 Å². The van der Waals surface area contributed by atoms with Crippen LogP contribution in [0.1, 0.15) is 38.2 Å². The SMILES string of the molecule is COc1ccccc1C/C(C)=C/C(=O)[C@H](C#N)C(=O)NC1CCCC1. The van der Waals surface area contributed by atoms with Crippen molar-refractivity contribution in [2.45, 2.75) is 45.1 Å². The van der Waals surface area contributed by atoms with Gasteiger partial charge in [-0.2, -0.15) is 5.26 Å². The van der Waals surface area contributed by atoms with Gasteiger partial charge in [0.1, 0.15) is 5.75 Å². The number of ketones is 1. The third kappa shape index (κ3) is 5.18. The molecule has 0 bridgehead atoms. The molecule has 1 atom stereocenters. The Balaban J connectivity index is 2.02. The van der Waals surface area contributed by atoms with E-state index in [-0.39, 0.29) is 6.04 Å². The van der Waals surface area contributed by atoms with E-state index in [0.29, 0.717) is 6.42 Å². The molecule has 1 aliphatic rings. The largest absolute Gasteiger partial charge is 0.496 e. The van der Waals surface area contributed by atoms with Gasteiger partial charge >= 0.3 is 0 Å². The first-order valence-corrected chi connectivity index (χ1v) is 8.58. The molecule has 0 aromatic heterocycles. The maximum Gasteiger partial charge on any atom is 0.245 e. The van der Waals surface area contributed by atoms with Crippen LogP contribution >= 0.6 is 0 Å². The number of nitrogens with zero attached hydrogens (tertiary/aromatic N) is 1. The van der Waals surface area contributed by atoms with E-state index < -0.39 is 17.6 Å². The van der Waals surface area contributed by atoms with Gasteiger partial charge in [-0.3, -0.25) is 9.59 Å². The van der Waals surface area contributed by atoms with Gasteiger partial charge in [0.2, 0.25) is 5.91 Å². The molecule has 1 N–H and O–H groups in total. The molecule has 1 aromatic rings. The second-order valence-electron chi connectivity index (χ2n) is 6.43. The molecule has 0 aliphatic heterocycles. The van der Waals surface area contributed by atoms with Crippen molar-refractivity contribution in [2.24, 2.45) is 5.92 Å². The number of nitriles is 1. The fraction of sp³-hybridized carbons (Fsp3) is 0.450. The van der Waals surface area contributed by atoms with E-state index in [1.807, 2.05) is 37.3 Å². The molecule has 1 aliphatic carbocycles. The lowest BCUT2D eigenvalue weighted by atomic mass is 9.99. The Kier molecular flexibility index (Phi) is 6.76. The van der Waals surface area contributed by atoms with Gasteiger partial charge in [0.25, 0.3) is 0 Å². The Morgan fingerprint density at radius 1 is 1.36 bits per heavy atom. The van der Waals surface area contributed by atoms with Crippen molar-refractivity contribution < 1.29 is 14.3 Å². The molecule has 25 heavy (non-hydrogen) atoms. The number of benzene rings is 1. The molecular formula is C20H24N2O3. The number of nitrogens with one attached hydrogen (secondary N) is 1. The van der Waals surface area contributed by atoms with Crippen LogP contribution in [0.15, 0.2) is 35.9 Å². The summed E-state index contributed by atoms with van der Waals surface area (Å²) >= 11 is 0. The number of ether oxygens (including phenoxy) is 1. The van der Waals surface area contributed by atoms with E-state index in [0.717, 1.165) is 42.6 Å². The van der Waals surface area contributed by atoms with E-state index in [1.165, 1.54) is 6.08 Å². The first kappa shape index (κ1) is 18.7. The number of amides is 1. The molecule has 1 aromatic carbocycles. The summed E-state index contributed by atoms with van der Waals surface area (Å²) in [5.74, 6) is -1.49. The molecule has 132 valence electrons. The Morgan fingerprint density at radius 3 is 2.68 bits per heavy atom. The average molecular weight is 340 g/mol. The minimum Gasteiger partial charge on any atom is -0.496 e. The topological polar surface area (TPSA) is 79.2 Å². The van der Waals surface area contributed by atoms with Crippen LogP contribution in [-0.2, 0) is 16.0 Å². The molecule has 5 heteroatoms. The number of hydrogen-bond acceptors (Lipinski definition) is 4. The highest BCUT2D eigenvalue weighted by Crippen LogP contribution is 2.21.